The van der Waals surface area contributed by atoms with Gasteiger partial charge in [-0.25, -0.2) is 4.79 Å². The molecule has 92 valence electrons. The molecule has 0 aliphatic heterocycles. The molecule has 0 aliphatic rings. The van der Waals surface area contributed by atoms with E-state index in [0.717, 1.165) is 5.56 Å². The van der Waals surface area contributed by atoms with Crippen molar-refractivity contribution >= 4 is 11.7 Å². The number of aromatic carboxylic acids is 1. The molecule has 0 unspecified atom stereocenters. The molecule has 0 spiro atoms. The first-order valence-corrected chi connectivity index (χ1v) is 5.51. The van der Waals surface area contributed by atoms with Gasteiger partial charge in [0.15, 0.2) is 0 Å². The molecule has 4 nitrogen and oxygen atoms in total. The minimum atomic E-state index is -1.14. The molecule has 18 heavy (non-hydrogen) atoms. The Kier molecular flexibility index (Phi) is 3.48. The zero-order valence-corrected chi connectivity index (χ0v) is 9.63. The second-order valence-corrected chi connectivity index (χ2v) is 3.88. The maximum Gasteiger partial charge on any atom is 0.339 e. The zero-order chi connectivity index (χ0) is 13.0. The van der Waals surface area contributed by atoms with Gasteiger partial charge in [-0.15, -0.1) is 0 Å². The van der Waals surface area contributed by atoms with Crippen molar-refractivity contribution in [2.75, 3.05) is 5.32 Å². The molecule has 0 radical (unpaired) electrons. The van der Waals surface area contributed by atoms with E-state index in [4.69, 9.17) is 5.11 Å². The highest BCUT2D eigenvalue weighted by molar-refractivity contribution is 5.91. The molecule has 2 aromatic rings. The summed E-state index contributed by atoms with van der Waals surface area (Å²) in [7, 11) is 0. The molecular formula is C14H13NO3. The van der Waals surface area contributed by atoms with Crippen LogP contribution in [0.1, 0.15) is 15.9 Å². The Morgan fingerprint density at radius 3 is 2.44 bits per heavy atom. The molecule has 0 saturated heterocycles. The average molecular weight is 243 g/mol. The Balaban J connectivity index is 2.07. The van der Waals surface area contributed by atoms with Gasteiger partial charge in [-0.2, -0.15) is 0 Å². The summed E-state index contributed by atoms with van der Waals surface area (Å²) >= 11 is 0. The maximum absolute atomic E-state index is 10.7. The highest BCUT2D eigenvalue weighted by Crippen LogP contribution is 2.22. The third-order valence-electron chi connectivity index (χ3n) is 2.57. The number of hydrogen-bond donors (Lipinski definition) is 3. The number of aromatic hydroxyl groups is 1. The van der Waals surface area contributed by atoms with Gasteiger partial charge in [0.1, 0.15) is 11.3 Å². The van der Waals surface area contributed by atoms with E-state index in [1.807, 2.05) is 30.3 Å². The summed E-state index contributed by atoms with van der Waals surface area (Å²) in [5.74, 6) is -1.37. The number of carboxylic acid groups (broad SMARTS) is 1. The summed E-state index contributed by atoms with van der Waals surface area (Å²) in [5, 5.41) is 21.4. The number of rotatable bonds is 4. The summed E-state index contributed by atoms with van der Waals surface area (Å²) in [4.78, 5) is 10.7. The molecule has 0 saturated carbocycles. The second-order valence-electron chi connectivity index (χ2n) is 3.88. The lowest BCUT2D eigenvalue weighted by atomic mass is 10.1. The highest BCUT2D eigenvalue weighted by atomic mass is 16.4. The van der Waals surface area contributed by atoms with Gasteiger partial charge in [-0.1, -0.05) is 30.3 Å². The minimum Gasteiger partial charge on any atom is -0.507 e. The van der Waals surface area contributed by atoms with Gasteiger partial charge in [-0.3, -0.25) is 0 Å². The zero-order valence-electron chi connectivity index (χ0n) is 9.63. The van der Waals surface area contributed by atoms with Gasteiger partial charge in [0.05, 0.1) is 0 Å². The number of benzene rings is 2. The van der Waals surface area contributed by atoms with Crippen LogP contribution in [-0.4, -0.2) is 16.2 Å². The normalized spacial score (nSPS) is 10.0. The number of hydrogen-bond acceptors (Lipinski definition) is 3. The van der Waals surface area contributed by atoms with E-state index in [0.29, 0.717) is 12.2 Å². The smallest absolute Gasteiger partial charge is 0.339 e. The van der Waals surface area contributed by atoms with Crippen LogP contribution < -0.4 is 5.32 Å². The Labute approximate surface area is 105 Å². The second kappa shape index (κ2) is 5.23. The lowest BCUT2D eigenvalue weighted by Gasteiger charge is -2.08. The van der Waals surface area contributed by atoms with Crippen LogP contribution in [0.5, 0.6) is 5.75 Å². The fourth-order valence-electron chi connectivity index (χ4n) is 1.62. The molecule has 0 amide bonds. The van der Waals surface area contributed by atoms with E-state index in [1.165, 1.54) is 12.1 Å². The molecule has 2 rings (SSSR count). The van der Waals surface area contributed by atoms with Crippen molar-refractivity contribution in [2.45, 2.75) is 6.54 Å². The molecule has 0 heterocycles. The van der Waals surface area contributed by atoms with Gasteiger partial charge in [0, 0.05) is 18.3 Å². The summed E-state index contributed by atoms with van der Waals surface area (Å²) < 4.78 is 0. The summed E-state index contributed by atoms with van der Waals surface area (Å²) in [6.07, 6.45) is 0. The lowest BCUT2D eigenvalue weighted by Crippen LogP contribution is -2.01. The van der Waals surface area contributed by atoms with Crippen LogP contribution in [-0.2, 0) is 6.54 Å². The Morgan fingerprint density at radius 1 is 1.11 bits per heavy atom. The highest BCUT2D eigenvalue weighted by Gasteiger charge is 2.09. The Hall–Kier alpha value is -2.49. The van der Waals surface area contributed by atoms with E-state index < -0.39 is 5.97 Å². The first-order chi connectivity index (χ1) is 8.66. The minimum absolute atomic E-state index is 0.0970. The van der Waals surface area contributed by atoms with Crippen LogP contribution >= 0.6 is 0 Å². The molecule has 4 heteroatoms. The largest absolute Gasteiger partial charge is 0.507 e. The molecule has 0 atom stereocenters. The topological polar surface area (TPSA) is 69.6 Å². The first-order valence-electron chi connectivity index (χ1n) is 5.51. The maximum atomic E-state index is 10.7. The summed E-state index contributed by atoms with van der Waals surface area (Å²) in [6, 6.07) is 14.2. The van der Waals surface area contributed by atoms with Gasteiger partial charge in [-0.05, 0) is 17.7 Å². The van der Waals surface area contributed by atoms with Gasteiger partial charge in [0.2, 0.25) is 0 Å². The quantitative estimate of drug-likeness (QED) is 0.772. The predicted molar refractivity (Wildman–Crippen MR) is 68.8 cm³/mol. The van der Waals surface area contributed by atoms with Gasteiger partial charge >= 0.3 is 5.97 Å². The van der Waals surface area contributed by atoms with Gasteiger partial charge in [0.25, 0.3) is 0 Å². The standard InChI is InChI=1S/C14H13NO3/c16-13-8-11(6-7-12(13)14(17)18)15-9-10-4-2-1-3-5-10/h1-8,15-16H,9H2,(H,17,18). The Morgan fingerprint density at radius 2 is 1.83 bits per heavy atom. The number of anilines is 1. The summed E-state index contributed by atoms with van der Waals surface area (Å²) in [5.41, 5.74) is 1.70. The van der Waals surface area contributed by atoms with Crippen LogP contribution in [0.15, 0.2) is 48.5 Å². The van der Waals surface area contributed by atoms with E-state index in [-0.39, 0.29) is 11.3 Å². The fraction of sp³-hybridized carbons (Fsp3) is 0.0714. The van der Waals surface area contributed by atoms with Crippen molar-refractivity contribution in [1.29, 1.82) is 0 Å². The first kappa shape index (κ1) is 12.0. The van der Waals surface area contributed by atoms with Crippen LogP contribution in [0.2, 0.25) is 0 Å². The molecule has 0 aliphatic carbocycles. The van der Waals surface area contributed by atoms with Crippen molar-refractivity contribution in [3.05, 3.63) is 59.7 Å². The molecule has 0 aromatic heterocycles. The molecule has 3 N–H and O–H groups in total. The van der Waals surface area contributed by atoms with E-state index in [2.05, 4.69) is 5.32 Å². The molecule has 0 fully saturated rings. The van der Waals surface area contributed by atoms with Crippen molar-refractivity contribution in [2.24, 2.45) is 0 Å². The lowest BCUT2D eigenvalue weighted by molar-refractivity contribution is 0.0694. The van der Waals surface area contributed by atoms with E-state index in [9.17, 15) is 9.90 Å². The van der Waals surface area contributed by atoms with Crippen LogP contribution in [0.4, 0.5) is 5.69 Å². The monoisotopic (exact) mass is 243 g/mol. The average Bonchev–Trinajstić information content (AvgIpc) is 2.37. The van der Waals surface area contributed by atoms with Crippen LogP contribution in [0.3, 0.4) is 0 Å². The fourth-order valence-corrected chi connectivity index (χ4v) is 1.62. The Bertz CT molecular complexity index is 552. The third kappa shape index (κ3) is 2.79. The molecule has 2 aromatic carbocycles. The van der Waals surface area contributed by atoms with E-state index >= 15 is 0 Å². The van der Waals surface area contributed by atoms with Crippen molar-refractivity contribution in [3.63, 3.8) is 0 Å². The molecular weight excluding hydrogens is 230 g/mol. The summed E-state index contributed by atoms with van der Waals surface area (Å²) in [6.45, 7) is 0.618. The van der Waals surface area contributed by atoms with Crippen LogP contribution in [0.25, 0.3) is 0 Å². The number of carbonyl (C=O) groups is 1. The predicted octanol–water partition coefficient (Wildman–Crippen LogP) is 2.70. The van der Waals surface area contributed by atoms with Crippen LogP contribution in [0, 0.1) is 0 Å². The number of carboxylic acids is 1. The van der Waals surface area contributed by atoms with Crippen molar-refractivity contribution in [3.8, 4) is 5.75 Å². The molecule has 0 bridgehead atoms. The number of phenols is 1. The van der Waals surface area contributed by atoms with Gasteiger partial charge < -0.3 is 15.5 Å². The van der Waals surface area contributed by atoms with E-state index in [1.54, 1.807) is 6.07 Å². The SMILES string of the molecule is O=C(O)c1ccc(NCc2ccccc2)cc1O. The third-order valence-corrected chi connectivity index (χ3v) is 2.57. The van der Waals surface area contributed by atoms with Crippen molar-refractivity contribution < 1.29 is 15.0 Å². The number of nitrogens with one attached hydrogen (secondary N) is 1. The van der Waals surface area contributed by atoms with Crippen molar-refractivity contribution in [1.82, 2.24) is 0 Å².